The Kier molecular flexibility index (Phi) is 11.7. The maximum atomic E-state index is 12.1. The molecular weight excluding hydrogens is 540 g/mol. The number of carbonyl (C=O) groups is 1. The first-order chi connectivity index (χ1) is 19.7. The number of nitrogens with zero attached hydrogens (tertiary/aromatic N) is 1. The molecule has 4 rings (SSSR count). The molecule has 1 amide bonds. The van der Waals surface area contributed by atoms with Crippen LogP contribution in [0.15, 0.2) is 42.5 Å². The molecular formula is C32H44N2O6S. The smallest absolute Gasteiger partial charge is 0.222 e. The lowest BCUT2D eigenvalue weighted by molar-refractivity contribution is -0.209. The van der Waals surface area contributed by atoms with Crippen LogP contribution in [0.2, 0.25) is 0 Å². The molecule has 0 aromatic heterocycles. The normalized spacial score (nSPS) is 24.2. The molecule has 1 unspecified atom stereocenters. The Morgan fingerprint density at radius 2 is 1.83 bits per heavy atom. The highest BCUT2D eigenvalue weighted by atomic mass is 32.1. The fourth-order valence-corrected chi connectivity index (χ4v) is 5.49. The van der Waals surface area contributed by atoms with Gasteiger partial charge in [0.15, 0.2) is 0 Å². The third-order valence-electron chi connectivity index (χ3n) is 7.79. The SMILES string of the molecule is CS#CC1O[C@@H](c2ccc(C)c(Cc3ccc(COCCC(=O)NCCN(C)CC4CC4)cc3)c2)[C@H](O)[C@@H](O)[C@@H]1O. The number of likely N-dealkylation sites (N-methyl/N-ethyl adjacent to an activating group) is 1. The summed E-state index contributed by atoms with van der Waals surface area (Å²) in [5.41, 5.74) is 5.11. The van der Waals surface area contributed by atoms with Gasteiger partial charge in [-0.2, -0.15) is 0 Å². The van der Waals surface area contributed by atoms with Crippen LogP contribution in [-0.2, 0) is 27.3 Å². The molecule has 5 atom stereocenters. The number of carbonyl (C=O) groups excluding carboxylic acids is 1. The number of benzene rings is 2. The van der Waals surface area contributed by atoms with Crippen molar-refractivity contribution in [1.29, 1.82) is 0 Å². The Bertz CT molecular complexity index is 1210. The maximum Gasteiger partial charge on any atom is 0.222 e. The van der Waals surface area contributed by atoms with Crippen molar-refractivity contribution in [2.24, 2.45) is 5.92 Å². The predicted octanol–water partition coefficient (Wildman–Crippen LogP) is 2.80. The lowest BCUT2D eigenvalue weighted by Crippen LogP contribution is -2.53. The van der Waals surface area contributed by atoms with Crippen LogP contribution in [0.4, 0.5) is 0 Å². The second-order valence-corrected chi connectivity index (χ2v) is 12.0. The molecule has 1 heterocycles. The summed E-state index contributed by atoms with van der Waals surface area (Å²) in [4.78, 5) is 14.4. The van der Waals surface area contributed by atoms with Gasteiger partial charge in [0.1, 0.15) is 30.5 Å². The number of aliphatic hydroxyl groups excluding tert-OH is 3. The highest BCUT2D eigenvalue weighted by Gasteiger charge is 2.43. The summed E-state index contributed by atoms with van der Waals surface area (Å²) in [5.74, 6) is 0.874. The maximum absolute atomic E-state index is 12.1. The van der Waals surface area contributed by atoms with E-state index in [9.17, 15) is 20.1 Å². The van der Waals surface area contributed by atoms with Gasteiger partial charge >= 0.3 is 0 Å². The molecule has 0 spiro atoms. The molecule has 9 heteroatoms. The van der Waals surface area contributed by atoms with E-state index in [0.717, 1.165) is 46.8 Å². The minimum absolute atomic E-state index is 0.0191. The van der Waals surface area contributed by atoms with E-state index in [0.29, 0.717) is 32.6 Å². The van der Waals surface area contributed by atoms with Crippen LogP contribution in [0.5, 0.6) is 0 Å². The largest absolute Gasteiger partial charge is 0.387 e. The molecule has 2 aromatic rings. The minimum Gasteiger partial charge on any atom is -0.387 e. The Hall–Kier alpha value is -2.33. The first-order valence-electron chi connectivity index (χ1n) is 14.4. The summed E-state index contributed by atoms with van der Waals surface area (Å²) in [7, 11) is 2.10. The van der Waals surface area contributed by atoms with Gasteiger partial charge in [-0.1, -0.05) is 47.6 Å². The lowest BCUT2D eigenvalue weighted by Gasteiger charge is -2.39. The Labute approximate surface area is 247 Å². The van der Waals surface area contributed by atoms with Crippen molar-refractivity contribution in [1.82, 2.24) is 10.2 Å². The zero-order valence-electron chi connectivity index (χ0n) is 24.3. The fraction of sp³-hybridized carbons (Fsp3) is 0.562. The fourth-order valence-electron chi connectivity index (χ4n) is 5.06. The van der Waals surface area contributed by atoms with Crippen LogP contribution >= 0.6 is 11.2 Å². The molecule has 2 aromatic carbocycles. The molecule has 41 heavy (non-hydrogen) atoms. The molecule has 1 aliphatic carbocycles. The molecule has 1 saturated carbocycles. The van der Waals surface area contributed by atoms with Gasteiger partial charge in [0.2, 0.25) is 5.91 Å². The van der Waals surface area contributed by atoms with Crippen molar-refractivity contribution in [3.05, 3.63) is 70.3 Å². The molecule has 4 N–H and O–H groups in total. The number of aryl methyl sites for hydroxylation is 1. The van der Waals surface area contributed by atoms with Crippen molar-refractivity contribution in [2.75, 3.05) is 39.5 Å². The summed E-state index contributed by atoms with van der Waals surface area (Å²) in [6, 6.07) is 14.1. The molecule has 0 radical (unpaired) electrons. The number of hydrogen-bond donors (Lipinski definition) is 4. The van der Waals surface area contributed by atoms with Gasteiger partial charge in [-0.3, -0.25) is 4.79 Å². The Morgan fingerprint density at radius 1 is 1.10 bits per heavy atom. The number of amides is 1. The van der Waals surface area contributed by atoms with E-state index in [1.165, 1.54) is 24.0 Å². The zero-order valence-corrected chi connectivity index (χ0v) is 25.1. The zero-order chi connectivity index (χ0) is 29.4. The minimum atomic E-state index is -1.32. The highest BCUT2D eigenvalue weighted by molar-refractivity contribution is 7.87. The van der Waals surface area contributed by atoms with Gasteiger partial charge in [-0.05, 0) is 67.0 Å². The van der Waals surface area contributed by atoms with Crippen LogP contribution in [0.3, 0.4) is 0 Å². The molecule has 2 fully saturated rings. The quantitative estimate of drug-likeness (QED) is 0.268. The summed E-state index contributed by atoms with van der Waals surface area (Å²) in [6.07, 6.45) is 0.152. The molecule has 224 valence electrons. The second-order valence-electron chi connectivity index (χ2n) is 11.3. The van der Waals surface area contributed by atoms with Gasteiger partial charge in [-0.25, -0.2) is 0 Å². The summed E-state index contributed by atoms with van der Waals surface area (Å²) < 4.78 is 11.7. The average Bonchev–Trinajstić information content (AvgIpc) is 3.77. The van der Waals surface area contributed by atoms with E-state index in [-0.39, 0.29) is 5.91 Å². The van der Waals surface area contributed by atoms with E-state index < -0.39 is 30.5 Å². The van der Waals surface area contributed by atoms with Gasteiger partial charge in [-0.15, -0.1) is 11.2 Å². The number of rotatable bonds is 13. The predicted molar refractivity (Wildman–Crippen MR) is 161 cm³/mol. The van der Waals surface area contributed by atoms with E-state index in [1.54, 1.807) is 6.26 Å². The summed E-state index contributed by atoms with van der Waals surface area (Å²) in [5, 5.41) is 37.2. The average molecular weight is 585 g/mol. The monoisotopic (exact) mass is 584 g/mol. The van der Waals surface area contributed by atoms with Gasteiger partial charge in [0, 0.05) is 32.3 Å². The lowest BCUT2D eigenvalue weighted by atomic mass is 9.89. The highest BCUT2D eigenvalue weighted by Crippen LogP contribution is 2.34. The Morgan fingerprint density at radius 3 is 2.54 bits per heavy atom. The van der Waals surface area contributed by atoms with Crippen molar-refractivity contribution >= 4 is 17.1 Å². The van der Waals surface area contributed by atoms with Gasteiger partial charge in [0.25, 0.3) is 0 Å². The number of ether oxygens (including phenoxy) is 2. The first kappa shape index (κ1) is 31.6. The molecule has 1 saturated heterocycles. The molecule has 8 nitrogen and oxygen atoms in total. The van der Waals surface area contributed by atoms with Crippen LogP contribution in [-0.4, -0.2) is 90.1 Å². The second kappa shape index (κ2) is 15.2. The topological polar surface area (TPSA) is 111 Å². The third kappa shape index (κ3) is 9.33. The van der Waals surface area contributed by atoms with Crippen molar-refractivity contribution in [3.63, 3.8) is 0 Å². The van der Waals surface area contributed by atoms with Crippen LogP contribution in [0.25, 0.3) is 0 Å². The van der Waals surface area contributed by atoms with Crippen molar-refractivity contribution in [2.45, 2.75) is 69.7 Å². The number of aliphatic hydroxyl groups is 3. The van der Waals surface area contributed by atoms with E-state index in [4.69, 9.17) is 9.47 Å². The van der Waals surface area contributed by atoms with Crippen molar-refractivity contribution < 1.29 is 29.6 Å². The van der Waals surface area contributed by atoms with Crippen LogP contribution in [0.1, 0.15) is 53.2 Å². The molecule has 1 aliphatic heterocycles. The summed E-state index contributed by atoms with van der Waals surface area (Å²) >= 11 is 1.28. The molecule has 0 bridgehead atoms. The van der Waals surface area contributed by atoms with E-state index in [2.05, 4.69) is 34.6 Å². The van der Waals surface area contributed by atoms with E-state index in [1.807, 2.05) is 37.3 Å². The third-order valence-corrected chi connectivity index (χ3v) is 8.26. The van der Waals surface area contributed by atoms with Gasteiger partial charge < -0.3 is 35.0 Å². The van der Waals surface area contributed by atoms with Crippen LogP contribution < -0.4 is 5.32 Å². The Balaban J connectivity index is 1.23. The number of hydrogen-bond acceptors (Lipinski definition) is 7. The number of nitrogens with one attached hydrogen (secondary N) is 1. The standard InChI is InChI=1S/C32H44N2O6S/c1-21-4-11-25(32-31(38)30(37)29(36)27(40-32)20-41-3)17-26(21)16-22-5-9-24(10-6-22)19-39-15-12-28(35)33-13-14-34(2)18-23-7-8-23/h4-6,9-11,17,23,27,29-32,36-38H,7-8,12-16,18-19H2,1-3H3,(H,33,35)/t27?,29-,30+,31-,32+/m1/s1. The summed E-state index contributed by atoms with van der Waals surface area (Å²) in [6.45, 7) is 5.53. The van der Waals surface area contributed by atoms with Crippen molar-refractivity contribution in [3.8, 4) is 5.18 Å². The molecule has 2 aliphatic rings. The first-order valence-corrected chi connectivity index (χ1v) is 15.7. The van der Waals surface area contributed by atoms with Gasteiger partial charge in [0.05, 0.1) is 13.2 Å². The van der Waals surface area contributed by atoms with Crippen LogP contribution in [0, 0.1) is 18.0 Å². The van der Waals surface area contributed by atoms with E-state index >= 15 is 0 Å².